The monoisotopic (exact) mass is 428 g/mol. The van der Waals surface area contributed by atoms with Gasteiger partial charge in [0, 0.05) is 47.7 Å². The van der Waals surface area contributed by atoms with E-state index in [9.17, 15) is 4.79 Å². The van der Waals surface area contributed by atoms with Crippen LogP contribution < -0.4 is 10.4 Å². The number of para-hydroxylation sites is 1. The number of H-pyrrole nitrogens is 1. The smallest absolute Gasteiger partial charge is 0.360 e. The minimum Gasteiger partial charge on any atom is -0.384 e. The number of nitrogens with one attached hydrogen (secondary N) is 2. The Morgan fingerprint density at radius 2 is 2.09 bits per heavy atom. The molecule has 164 valence electrons. The van der Waals surface area contributed by atoms with Crippen LogP contribution in [0.4, 0.5) is 10.5 Å². The summed E-state index contributed by atoms with van der Waals surface area (Å²) in [5.41, 5.74) is 10.3. The number of allylic oxidation sites excluding steroid dienone is 2. The number of carbonyl (C=O) groups is 1. The first kappa shape index (κ1) is 20.5. The van der Waals surface area contributed by atoms with Gasteiger partial charge >= 0.3 is 6.03 Å². The van der Waals surface area contributed by atoms with Crippen LogP contribution >= 0.6 is 0 Å². The minimum absolute atomic E-state index is 0.0588. The zero-order valence-electron chi connectivity index (χ0n) is 18.7. The molecule has 3 aromatic rings. The second-order valence-corrected chi connectivity index (χ2v) is 9.11. The fraction of sp³-hybridized carbons (Fsp3) is 0.308. The van der Waals surface area contributed by atoms with Crippen LogP contribution in [-0.4, -0.2) is 37.0 Å². The standard InChI is InChI=1S/C26H28N4O2/c1-26(2,16-32-3)18-11-12-23-17(15-18)13-14-30(23)29-25(31)28-22-10-6-9-21-24(22)19-7-4-5-8-20(19)27-21/h4-8,10-12,15,27H,9,13-14,16H2,1-3H3,(H,29,31). The van der Waals surface area contributed by atoms with Gasteiger partial charge in [0.1, 0.15) is 0 Å². The normalized spacial score (nSPS) is 16.5. The molecule has 0 fully saturated rings. The van der Waals surface area contributed by atoms with Crippen LogP contribution in [0.25, 0.3) is 10.9 Å². The minimum atomic E-state index is -0.362. The summed E-state index contributed by atoms with van der Waals surface area (Å²) in [5, 5.41) is 2.99. The van der Waals surface area contributed by atoms with Crippen molar-refractivity contribution in [3.05, 3.63) is 77.0 Å². The molecule has 0 bridgehead atoms. The van der Waals surface area contributed by atoms with Crippen LogP contribution in [0.5, 0.6) is 0 Å². The van der Waals surface area contributed by atoms with Crippen molar-refractivity contribution in [1.29, 1.82) is 0 Å². The Bertz CT molecular complexity index is 1250. The highest BCUT2D eigenvalue weighted by atomic mass is 16.5. The number of amides is 2. The van der Waals surface area contributed by atoms with Crippen molar-refractivity contribution < 1.29 is 9.53 Å². The van der Waals surface area contributed by atoms with Gasteiger partial charge in [-0.1, -0.05) is 50.3 Å². The van der Waals surface area contributed by atoms with Gasteiger partial charge in [-0.2, -0.15) is 4.99 Å². The first-order valence-electron chi connectivity index (χ1n) is 11.0. The number of carbonyl (C=O) groups excluding carboxylic acids is 1. The van der Waals surface area contributed by atoms with Gasteiger partial charge in [-0.15, -0.1) is 0 Å². The van der Waals surface area contributed by atoms with Crippen molar-refractivity contribution >= 4 is 28.3 Å². The summed E-state index contributed by atoms with van der Waals surface area (Å²) >= 11 is 0. The number of hydrazine groups is 1. The molecule has 32 heavy (non-hydrogen) atoms. The van der Waals surface area contributed by atoms with Crippen molar-refractivity contribution in [3.8, 4) is 0 Å². The van der Waals surface area contributed by atoms with Gasteiger partial charge in [0.25, 0.3) is 0 Å². The molecule has 0 saturated carbocycles. The molecular formula is C26H28N4O2. The van der Waals surface area contributed by atoms with E-state index in [1.165, 1.54) is 11.1 Å². The molecular weight excluding hydrogens is 400 g/mol. The predicted molar refractivity (Wildman–Crippen MR) is 129 cm³/mol. The second kappa shape index (κ2) is 7.95. The molecule has 6 nitrogen and oxygen atoms in total. The highest BCUT2D eigenvalue weighted by Gasteiger charge is 2.26. The molecule has 0 radical (unpaired) electrons. The number of anilines is 1. The Morgan fingerprint density at radius 3 is 2.94 bits per heavy atom. The molecule has 0 unspecified atom stereocenters. The van der Waals surface area contributed by atoms with E-state index in [1.807, 2.05) is 29.3 Å². The maximum Gasteiger partial charge on any atom is 0.360 e. The second-order valence-electron chi connectivity index (χ2n) is 9.11. The van der Waals surface area contributed by atoms with Crippen LogP contribution in [0.1, 0.15) is 36.2 Å². The Kier molecular flexibility index (Phi) is 5.10. The fourth-order valence-electron chi connectivity index (χ4n) is 4.74. The third-order valence-corrected chi connectivity index (χ3v) is 6.35. The largest absolute Gasteiger partial charge is 0.384 e. The average Bonchev–Trinajstić information content (AvgIpc) is 3.35. The molecule has 2 heterocycles. The zero-order chi connectivity index (χ0) is 22.3. The fourth-order valence-corrected chi connectivity index (χ4v) is 4.74. The molecule has 6 heteroatoms. The molecule has 1 aliphatic carbocycles. The molecule has 2 amide bonds. The SMILES string of the molecule is COCC(C)(C)c1ccc2c(c1)CCN2NC(=O)N=C1C=CCc2[nH]c3ccccc3c21. The molecule has 2 aromatic carbocycles. The number of ether oxygens (including phenoxy) is 1. The van der Waals surface area contributed by atoms with Gasteiger partial charge in [-0.25, -0.2) is 10.2 Å². The van der Waals surface area contributed by atoms with Crippen LogP contribution in [0.3, 0.4) is 0 Å². The summed E-state index contributed by atoms with van der Waals surface area (Å²) < 4.78 is 5.38. The van der Waals surface area contributed by atoms with Gasteiger partial charge < -0.3 is 9.72 Å². The van der Waals surface area contributed by atoms with Crippen molar-refractivity contribution in [1.82, 2.24) is 10.4 Å². The Labute approximate surface area is 188 Å². The molecule has 5 rings (SSSR count). The lowest BCUT2D eigenvalue weighted by Crippen LogP contribution is -2.40. The summed E-state index contributed by atoms with van der Waals surface area (Å²) in [5.74, 6) is 0. The van der Waals surface area contributed by atoms with Crippen LogP contribution in [0, 0.1) is 0 Å². The highest BCUT2D eigenvalue weighted by molar-refractivity contribution is 6.20. The first-order chi connectivity index (χ1) is 15.5. The number of aromatic nitrogens is 1. The number of aromatic amines is 1. The third-order valence-electron chi connectivity index (χ3n) is 6.35. The molecule has 0 spiro atoms. The maximum absolute atomic E-state index is 12.9. The lowest BCUT2D eigenvalue weighted by atomic mass is 9.84. The molecule has 0 atom stereocenters. The van der Waals surface area contributed by atoms with E-state index < -0.39 is 0 Å². The summed E-state index contributed by atoms with van der Waals surface area (Å²) in [7, 11) is 1.73. The van der Waals surface area contributed by atoms with Crippen molar-refractivity contribution in [2.75, 3.05) is 25.3 Å². The lowest BCUT2D eigenvalue weighted by Gasteiger charge is -2.25. The van der Waals surface area contributed by atoms with Gasteiger partial charge in [-0.05, 0) is 35.8 Å². The van der Waals surface area contributed by atoms with E-state index in [4.69, 9.17) is 4.74 Å². The number of nitrogens with zero attached hydrogens (tertiary/aromatic N) is 2. The number of fused-ring (bicyclic) bond motifs is 4. The van der Waals surface area contributed by atoms with Gasteiger partial charge in [0.15, 0.2) is 0 Å². The molecule has 0 saturated heterocycles. The Morgan fingerprint density at radius 1 is 1.25 bits per heavy atom. The van der Waals surface area contributed by atoms with E-state index in [-0.39, 0.29) is 11.4 Å². The summed E-state index contributed by atoms with van der Waals surface area (Å²) in [6, 6.07) is 14.2. The topological polar surface area (TPSA) is 69.7 Å². The third kappa shape index (κ3) is 3.60. The summed E-state index contributed by atoms with van der Waals surface area (Å²) in [4.78, 5) is 20.7. The van der Waals surface area contributed by atoms with E-state index in [1.54, 1.807) is 7.11 Å². The van der Waals surface area contributed by atoms with Crippen LogP contribution in [0.15, 0.2) is 59.6 Å². The number of aliphatic imine (C=N–C) groups is 1. The van der Waals surface area contributed by atoms with Gasteiger partial charge in [-0.3, -0.25) is 5.01 Å². The first-order valence-corrected chi connectivity index (χ1v) is 11.0. The van der Waals surface area contributed by atoms with Crippen LogP contribution in [-0.2, 0) is 23.0 Å². The summed E-state index contributed by atoms with van der Waals surface area (Å²) in [6.07, 6.45) is 5.67. The van der Waals surface area contributed by atoms with Gasteiger partial charge in [0.2, 0.25) is 0 Å². The van der Waals surface area contributed by atoms with Crippen LogP contribution in [0.2, 0.25) is 0 Å². The molecule has 1 aromatic heterocycles. The average molecular weight is 429 g/mol. The number of methoxy groups -OCH3 is 1. The van der Waals surface area contributed by atoms with Crippen molar-refractivity contribution in [2.45, 2.75) is 32.1 Å². The number of hydrogen-bond acceptors (Lipinski definition) is 3. The number of rotatable bonds is 4. The number of hydrogen-bond donors (Lipinski definition) is 2. The molecule has 1 aliphatic heterocycles. The Hall–Kier alpha value is -3.38. The van der Waals surface area contributed by atoms with E-state index in [0.29, 0.717) is 12.3 Å². The van der Waals surface area contributed by atoms with Gasteiger partial charge in [0.05, 0.1) is 18.0 Å². The highest BCUT2D eigenvalue weighted by Crippen LogP contribution is 2.32. The summed E-state index contributed by atoms with van der Waals surface area (Å²) in [6.45, 7) is 5.75. The number of benzene rings is 2. The van der Waals surface area contributed by atoms with E-state index in [2.05, 4.69) is 59.6 Å². The quantitative estimate of drug-likeness (QED) is 0.634. The maximum atomic E-state index is 12.9. The Balaban J connectivity index is 1.37. The zero-order valence-corrected chi connectivity index (χ0v) is 18.7. The van der Waals surface area contributed by atoms with Crippen molar-refractivity contribution in [2.24, 2.45) is 4.99 Å². The predicted octanol–water partition coefficient (Wildman–Crippen LogP) is 4.68. The van der Waals surface area contributed by atoms with Crippen molar-refractivity contribution in [3.63, 3.8) is 0 Å². The molecule has 2 N–H and O–H groups in total. The lowest BCUT2D eigenvalue weighted by molar-refractivity contribution is 0.146. The molecule has 2 aliphatic rings. The van der Waals surface area contributed by atoms with E-state index in [0.717, 1.165) is 47.2 Å². The van der Waals surface area contributed by atoms with E-state index >= 15 is 0 Å². The number of urea groups is 1.